The van der Waals surface area contributed by atoms with Crippen molar-refractivity contribution in [3.8, 4) is 17.1 Å². The predicted octanol–water partition coefficient (Wildman–Crippen LogP) is 2.81. The van der Waals surface area contributed by atoms with E-state index in [1.807, 2.05) is 12.1 Å². The Bertz CT molecular complexity index is 1230. The van der Waals surface area contributed by atoms with Gasteiger partial charge in [-0.05, 0) is 37.2 Å². The number of benzene rings is 1. The smallest absolute Gasteiger partial charge is 0.213 e. The van der Waals surface area contributed by atoms with Crippen LogP contribution in [0.25, 0.3) is 22.3 Å². The minimum atomic E-state index is -0.928. The van der Waals surface area contributed by atoms with E-state index in [1.165, 1.54) is 18.7 Å². The van der Waals surface area contributed by atoms with Gasteiger partial charge >= 0.3 is 0 Å². The van der Waals surface area contributed by atoms with Crippen LogP contribution in [-0.2, 0) is 14.2 Å². The third-order valence-corrected chi connectivity index (χ3v) is 7.78. The highest BCUT2D eigenvalue weighted by molar-refractivity contribution is 5.80. The third kappa shape index (κ3) is 4.97. The molecule has 198 valence electrons. The van der Waals surface area contributed by atoms with Gasteiger partial charge in [0.1, 0.15) is 24.0 Å². The first kappa shape index (κ1) is 24.7. The molecule has 1 saturated carbocycles. The van der Waals surface area contributed by atoms with Gasteiger partial charge < -0.3 is 34.1 Å². The molecule has 4 N–H and O–H groups in total. The molecule has 3 aliphatic rings. The number of pyridine rings is 1. The summed E-state index contributed by atoms with van der Waals surface area (Å²) in [6, 6.07) is 11.4. The van der Waals surface area contributed by atoms with E-state index in [-0.39, 0.29) is 36.7 Å². The number of aromatic amines is 1. The quantitative estimate of drug-likeness (QED) is 0.356. The zero-order valence-corrected chi connectivity index (χ0v) is 20.6. The van der Waals surface area contributed by atoms with Crippen LogP contribution in [0.15, 0.2) is 36.4 Å². The van der Waals surface area contributed by atoms with Crippen molar-refractivity contribution in [1.82, 2.24) is 15.3 Å². The number of H-pyrrole nitrogens is 1. The standard InChI is InChI=1S/C27H32FN3O6/c1-34-27(33)29-17-8-6-15(7-9-17)14-2-4-16(5-3-14)24-18(28)10-19-20(31-24)11-23(30-19)37-22-13-36-25-21(32)12-35-26(22)25/h2-5,10-11,15,17,21-22,25-27,29-30,32-33H,6-9,12-13H2,1H3/t15?,17?,21-,22-,25-,26-,27?/m1/s1. The number of nitrogens with one attached hydrogen (secondary N) is 2. The molecule has 10 heteroatoms. The van der Waals surface area contributed by atoms with E-state index in [2.05, 4.69) is 27.4 Å². The number of ether oxygens (including phenoxy) is 4. The van der Waals surface area contributed by atoms with Gasteiger partial charge in [-0.3, -0.25) is 5.32 Å². The lowest BCUT2D eigenvalue weighted by molar-refractivity contribution is -0.105. The number of aromatic nitrogens is 2. The molecule has 0 bridgehead atoms. The van der Waals surface area contributed by atoms with Gasteiger partial charge in [-0.15, -0.1) is 0 Å². The Kier molecular flexibility index (Phi) is 6.87. The van der Waals surface area contributed by atoms with E-state index in [4.69, 9.17) is 18.9 Å². The molecule has 6 rings (SSSR count). The maximum Gasteiger partial charge on any atom is 0.213 e. The summed E-state index contributed by atoms with van der Waals surface area (Å²) in [5.41, 5.74) is 3.37. The van der Waals surface area contributed by atoms with Crippen molar-refractivity contribution >= 4 is 11.0 Å². The summed E-state index contributed by atoms with van der Waals surface area (Å²) in [7, 11) is 1.47. The van der Waals surface area contributed by atoms with Crippen LogP contribution in [0.1, 0.15) is 37.2 Å². The second-order valence-corrected chi connectivity index (χ2v) is 10.1. The van der Waals surface area contributed by atoms with Crippen molar-refractivity contribution in [1.29, 1.82) is 0 Å². The van der Waals surface area contributed by atoms with Crippen LogP contribution in [0.4, 0.5) is 4.39 Å². The first-order valence-electron chi connectivity index (χ1n) is 12.8. The Morgan fingerprint density at radius 3 is 2.59 bits per heavy atom. The molecule has 0 radical (unpaired) electrons. The molecule has 1 unspecified atom stereocenters. The first-order chi connectivity index (χ1) is 18.0. The van der Waals surface area contributed by atoms with E-state index in [0.717, 1.165) is 25.7 Å². The molecular formula is C27H32FN3O6. The molecule has 2 aromatic heterocycles. The molecule has 9 nitrogen and oxygen atoms in total. The van der Waals surface area contributed by atoms with Crippen LogP contribution >= 0.6 is 0 Å². The molecule has 1 aromatic carbocycles. The maximum absolute atomic E-state index is 15.0. The highest BCUT2D eigenvalue weighted by Gasteiger charge is 2.48. The van der Waals surface area contributed by atoms with Crippen molar-refractivity contribution in [2.45, 2.75) is 68.5 Å². The van der Waals surface area contributed by atoms with Gasteiger partial charge in [0.05, 0.1) is 24.2 Å². The lowest BCUT2D eigenvalue weighted by Gasteiger charge is -2.30. The Labute approximate surface area is 213 Å². The first-order valence-corrected chi connectivity index (χ1v) is 12.8. The second kappa shape index (κ2) is 10.3. The van der Waals surface area contributed by atoms with Crippen LogP contribution < -0.4 is 10.1 Å². The zero-order valence-electron chi connectivity index (χ0n) is 20.6. The largest absolute Gasteiger partial charge is 0.470 e. The molecule has 3 fully saturated rings. The monoisotopic (exact) mass is 513 g/mol. The summed E-state index contributed by atoms with van der Waals surface area (Å²) >= 11 is 0. The minimum absolute atomic E-state index is 0.230. The van der Waals surface area contributed by atoms with Crippen LogP contribution in [0.2, 0.25) is 0 Å². The average molecular weight is 514 g/mol. The number of aliphatic hydroxyl groups excluding tert-OH is 2. The highest BCUT2D eigenvalue weighted by Crippen LogP contribution is 2.35. The lowest BCUT2D eigenvalue weighted by Crippen LogP contribution is -2.41. The molecule has 37 heavy (non-hydrogen) atoms. The van der Waals surface area contributed by atoms with E-state index in [9.17, 15) is 10.2 Å². The van der Waals surface area contributed by atoms with Crippen LogP contribution in [0.5, 0.6) is 5.88 Å². The molecule has 2 saturated heterocycles. The van der Waals surface area contributed by atoms with Gasteiger partial charge in [0.15, 0.2) is 17.8 Å². The van der Waals surface area contributed by atoms with E-state index in [0.29, 0.717) is 35.0 Å². The topological polar surface area (TPSA) is 118 Å². The van der Waals surface area contributed by atoms with Crippen molar-refractivity contribution in [2.75, 3.05) is 20.3 Å². The highest BCUT2D eigenvalue weighted by atomic mass is 19.1. The molecular weight excluding hydrogens is 481 g/mol. The molecule has 0 spiro atoms. The fourth-order valence-corrected chi connectivity index (χ4v) is 5.76. The molecule has 2 aliphatic heterocycles. The number of hydrogen-bond acceptors (Lipinski definition) is 8. The number of aliphatic hydroxyl groups is 2. The van der Waals surface area contributed by atoms with E-state index in [1.54, 1.807) is 6.07 Å². The Morgan fingerprint density at radius 1 is 1.08 bits per heavy atom. The van der Waals surface area contributed by atoms with Crippen molar-refractivity contribution in [2.24, 2.45) is 0 Å². The third-order valence-electron chi connectivity index (χ3n) is 7.78. The van der Waals surface area contributed by atoms with Crippen LogP contribution in [0.3, 0.4) is 0 Å². The minimum Gasteiger partial charge on any atom is -0.470 e. The van der Waals surface area contributed by atoms with E-state index >= 15 is 4.39 Å². The Hall–Kier alpha value is -2.60. The summed E-state index contributed by atoms with van der Waals surface area (Å²) < 4.78 is 37.2. The summed E-state index contributed by atoms with van der Waals surface area (Å²) in [5, 5.41) is 22.6. The zero-order chi connectivity index (χ0) is 25.5. The fourth-order valence-electron chi connectivity index (χ4n) is 5.76. The summed E-state index contributed by atoms with van der Waals surface area (Å²) in [4.78, 5) is 7.65. The number of halogens is 1. The number of methoxy groups -OCH3 is 1. The van der Waals surface area contributed by atoms with Crippen molar-refractivity contribution < 1.29 is 33.6 Å². The fraction of sp³-hybridized carbons (Fsp3) is 0.519. The SMILES string of the molecule is COC(O)NC1CCC(c2ccc(-c3nc4cc(O[C@@H]5CO[C@H]6[C@@H]5OC[C@H]6O)[nH]c4cc3F)cc2)CC1. The van der Waals surface area contributed by atoms with Gasteiger partial charge in [-0.2, -0.15) is 0 Å². The molecule has 1 aliphatic carbocycles. The van der Waals surface area contributed by atoms with Gasteiger partial charge in [0, 0.05) is 30.8 Å². The van der Waals surface area contributed by atoms with Crippen molar-refractivity contribution in [3.63, 3.8) is 0 Å². The van der Waals surface area contributed by atoms with Gasteiger partial charge in [-0.1, -0.05) is 24.3 Å². The summed E-state index contributed by atoms with van der Waals surface area (Å²) in [5.74, 6) is 0.473. The number of hydrogen-bond donors (Lipinski definition) is 4. The number of nitrogens with zero attached hydrogens (tertiary/aromatic N) is 1. The number of rotatable bonds is 7. The van der Waals surface area contributed by atoms with Crippen LogP contribution in [-0.4, -0.2) is 77.4 Å². The normalized spacial score (nSPS) is 30.5. The Balaban J connectivity index is 1.13. The van der Waals surface area contributed by atoms with Crippen molar-refractivity contribution in [3.05, 3.63) is 47.8 Å². The van der Waals surface area contributed by atoms with Gasteiger partial charge in [0.25, 0.3) is 0 Å². The molecule has 5 atom stereocenters. The number of fused-ring (bicyclic) bond motifs is 2. The summed E-state index contributed by atoms with van der Waals surface area (Å²) in [6.07, 6.45) is 1.29. The molecule has 3 aromatic rings. The second-order valence-electron chi connectivity index (χ2n) is 10.1. The van der Waals surface area contributed by atoms with Gasteiger partial charge in [-0.25, -0.2) is 9.37 Å². The van der Waals surface area contributed by atoms with Crippen LogP contribution in [0, 0.1) is 5.82 Å². The maximum atomic E-state index is 15.0. The molecule has 0 amide bonds. The molecule has 4 heterocycles. The predicted molar refractivity (Wildman–Crippen MR) is 133 cm³/mol. The summed E-state index contributed by atoms with van der Waals surface area (Å²) in [6.45, 7) is 0.544. The average Bonchev–Trinajstić information content (AvgIpc) is 3.60. The van der Waals surface area contributed by atoms with Gasteiger partial charge in [0.2, 0.25) is 6.41 Å². The lowest BCUT2D eigenvalue weighted by atomic mass is 9.81. The van der Waals surface area contributed by atoms with E-state index < -0.39 is 18.3 Å². The Morgan fingerprint density at radius 2 is 1.84 bits per heavy atom.